The number of carbonyl (C=O) groups is 2. The van der Waals surface area contributed by atoms with Crippen LogP contribution < -0.4 is 5.73 Å². The largest absolute Gasteiger partial charge is 0.398 e. The van der Waals surface area contributed by atoms with Crippen molar-refractivity contribution in [2.45, 2.75) is 40.3 Å². The first-order valence-electron chi connectivity index (χ1n) is 8.11. The molecule has 0 unspecified atom stereocenters. The van der Waals surface area contributed by atoms with Gasteiger partial charge in [-0.25, -0.2) is 14.5 Å². The van der Waals surface area contributed by atoms with Gasteiger partial charge in [-0.15, -0.1) is 0 Å². The molecule has 0 spiro atoms. The third kappa shape index (κ3) is 2.73. The van der Waals surface area contributed by atoms with E-state index in [9.17, 15) is 9.59 Å². The van der Waals surface area contributed by atoms with Crippen LogP contribution in [0.2, 0.25) is 0 Å². The molecule has 6 nitrogen and oxygen atoms in total. The van der Waals surface area contributed by atoms with Crippen LogP contribution in [-0.4, -0.2) is 46.9 Å². The molecule has 2 rings (SSSR count). The number of nitrogens with zero attached hydrogens (tertiary/aromatic N) is 3. The van der Waals surface area contributed by atoms with Gasteiger partial charge in [-0.3, -0.25) is 9.80 Å². The first-order valence-corrected chi connectivity index (χ1v) is 8.11. The molecule has 0 saturated carbocycles. The van der Waals surface area contributed by atoms with Gasteiger partial charge in [-0.2, -0.15) is 0 Å². The molecule has 6 heteroatoms. The number of rotatable bonds is 4. The molecule has 4 amide bonds. The summed E-state index contributed by atoms with van der Waals surface area (Å²) in [7, 11) is 1.53. The molecule has 1 aromatic rings. The number of carbonyl (C=O) groups excluding carboxylic acids is 2. The lowest BCUT2D eigenvalue weighted by atomic mass is 9.99. The second kappa shape index (κ2) is 6.48. The first kappa shape index (κ1) is 17.1. The quantitative estimate of drug-likeness (QED) is 0.868. The summed E-state index contributed by atoms with van der Waals surface area (Å²) in [4.78, 5) is 29.6. The zero-order valence-corrected chi connectivity index (χ0v) is 14.6. The molecule has 0 bridgehead atoms. The Morgan fingerprint density at radius 3 is 2.00 bits per heavy atom. The van der Waals surface area contributed by atoms with E-state index in [-0.39, 0.29) is 18.2 Å². The molecule has 0 aromatic heterocycles. The molecule has 0 radical (unpaired) electrons. The van der Waals surface area contributed by atoms with Crippen molar-refractivity contribution in [1.29, 1.82) is 0 Å². The highest BCUT2D eigenvalue weighted by atomic mass is 16.2. The highest BCUT2D eigenvalue weighted by molar-refractivity contribution is 5.96. The highest BCUT2D eigenvalue weighted by Crippen LogP contribution is 2.33. The van der Waals surface area contributed by atoms with Crippen molar-refractivity contribution in [1.82, 2.24) is 14.7 Å². The molecule has 0 atom stereocenters. The Labute approximate surface area is 137 Å². The minimum Gasteiger partial charge on any atom is -0.398 e. The Morgan fingerprint density at radius 1 is 1.04 bits per heavy atom. The van der Waals surface area contributed by atoms with Gasteiger partial charge < -0.3 is 5.73 Å². The fraction of sp³-hybridized carbons (Fsp3) is 0.529. The van der Waals surface area contributed by atoms with E-state index in [1.165, 1.54) is 11.9 Å². The number of nitrogen functional groups attached to an aromatic ring is 1. The molecule has 1 heterocycles. The lowest BCUT2D eigenvalue weighted by molar-refractivity contribution is 0.0394. The van der Waals surface area contributed by atoms with Gasteiger partial charge in [0.1, 0.15) is 6.17 Å². The van der Waals surface area contributed by atoms with E-state index in [0.29, 0.717) is 13.1 Å². The van der Waals surface area contributed by atoms with Crippen LogP contribution in [0.15, 0.2) is 12.1 Å². The fourth-order valence-corrected chi connectivity index (χ4v) is 3.16. The van der Waals surface area contributed by atoms with Crippen LogP contribution in [-0.2, 0) is 6.42 Å². The van der Waals surface area contributed by atoms with Crippen LogP contribution in [0.4, 0.5) is 15.3 Å². The number of aryl methyl sites for hydroxylation is 2. The van der Waals surface area contributed by atoms with Gasteiger partial charge in [-0.1, -0.05) is 13.0 Å². The number of amides is 4. The van der Waals surface area contributed by atoms with E-state index < -0.39 is 0 Å². The Bertz CT molecular complexity index is 605. The van der Waals surface area contributed by atoms with E-state index in [2.05, 4.69) is 6.92 Å². The smallest absolute Gasteiger partial charge is 0.329 e. The monoisotopic (exact) mass is 318 g/mol. The summed E-state index contributed by atoms with van der Waals surface area (Å²) in [6, 6.07) is 3.47. The SMILES string of the molecule is CCc1cc(C2N(CC)C(=O)N(C)C(=O)N2CC)cc(C)c1N. The molecule has 2 N–H and O–H groups in total. The van der Waals surface area contributed by atoms with Crippen LogP contribution in [0, 0.1) is 6.92 Å². The number of nitrogens with two attached hydrogens (primary N) is 1. The average molecular weight is 318 g/mol. The number of benzene rings is 1. The predicted molar refractivity (Wildman–Crippen MR) is 91.0 cm³/mol. The van der Waals surface area contributed by atoms with Gasteiger partial charge in [0.15, 0.2) is 0 Å². The van der Waals surface area contributed by atoms with E-state index in [1.807, 2.05) is 32.9 Å². The van der Waals surface area contributed by atoms with Gasteiger partial charge in [0, 0.05) is 25.8 Å². The van der Waals surface area contributed by atoms with Crippen molar-refractivity contribution in [2.24, 2.45) is 0 Å². The fourth-order valence-electron chi connectivity index (χ4n) is 3.16. The third-order valence-electron chi connectivity index (χ3n) is 4.51. The Hall–Kier alpha value is -2.24. The lowest BCUT2D eigenvalue weighted by Crippen LogP contribution is -2.60. The van der Waals surface area contributed by atoms with Gasteiger partial charge in [0.2, 0.25) is 0 Å². The highest BCUT2D eigenvalue weighted by Gasteiger charge is 2.41. The number of imide groups is 1. The second-order valence-electron chi connectivity index (χ2n) is 5.83. The van der Waals surface area contributed by atoms with Crippen molar-refractivity contribution < 1.29 is 9.59 Å². The van der Waals surface area contributed by atoms with E-state index in [0.717, 1.165) is 28.8 Å². The second-order valence-corrected chi connectivity index (χ2v) is 5.83. The summed E-state index contributed by atoms with van der Waals surface area (Å²) in [5.74, 6) is 0. The van der Waals surface area contributed by atoms with Crippen molar-refractivity contribution in [3.63, 3.8) is 0 Å². The summed E-state index contributed by atoms with van der Waals surface area (Å²) in [6.07, 6.45) is 0.429. The summed E-state index contributed by atoms with van der Waals surface area (Å²) >= 11 is 0. The number of anilines is 1. The van der Waals surface area contributed by atoms with Crippen LogP contribution in [0.1, 0.15) is 43.6 Å². The lowest BCUT2D eigenvalue weighted by Gasteiger charge is -2.46. The number of urea groups is 2. The van der Waals surface area contributed by atoms with Crippen LogP contribution in [0.25, 0.3) is 0 Å². The minimum absolute atomic E-state index is 0.264. The van der Waals surface area contributed by atoms with Crippen LogP contribution in [0.5, 0.6) is 0 Å². The molecule has 1 aliphatic rings. The maximum absolute atomic E-state index is 12.5. The van der Waals surface area contributed by atoms with Crippen LogP contribution >= 0.6 is 0 Å². The Kier molecular flexibility index (Phi) is 4.82. The molecule has 126 valence electrons. The van der Waals surface area contributed by atoms with Gasteiger partial charge >= 0.3 is 12.1 Å². The summed E-state index contributed by atoms with van der Waals surface area (Å²) in [6.45, 7) is 8.92. The van der Waals surface area contributed by atoms with E-state index >= 15 is 0 Å². The molecule has 1 aliphatic heterocycles. The summed E-state index contributed by atoms with van der Waals surface area (Å²) in [5.41, 5.74) is 9.88. The number of hydrogen-bond acceptors (Lipinski definition) is 3. The van der Waals surface area contributed by atoms with Crippen molar-refractivity contribution in [3.8, 4) is 0 Å². The van der Waals surface area contributed by atoms with Gasteiger partial charge in [0.25, 0.3) is 0 Å². The molecule has 1 fully saturated rings. The predicted octanol–water partition coefficient (Wildman–Crippen LogP) is 2.97. The third-order valence-corrected chi connectivity index (χ3v) is 4.51. The standard InChI is InChI=1S/C17H26N4O2/c1-6-12-10-13(9-11(4)14(12)18)15-20(7-2)16(22)19(5)17(23)21(15)8-3/h9-10,15H,6-8,18H2,1-5H3. The molecule has 23 heavy (non-hydrogen) atoms. The summed E-state index contributed by atoms with van der Waals surface area (Å²) < 4.78 is 0. The number of hydrogen-bond donors (Lipinski definition) is 1. The van der Waals surface area contributed by atoms with Gasteiger partial charge in [-0.05, 0) is 49.9 Å². The normalized spacial score (nSPS) is 16.5. The Balaban J connectivity index is 2.59. The topological polar surface area (TPSA) is 69.9 Å². The molecule has 1 saturated heterocycles. The van der Waals surface area contributed by atoms with Gasteiger partial charge in [0.05, 0.1) is 0 Å². The molecular weight excluding hydrogens is 292 g/mol. The molecular formula is C17H26N4O2. The maximum atomic E-state index is 12.5. The molecule has 1 aromatic carbocycles. The van der Waals surface area contributed by atoms with Crippen molar-refractivity contribution >= 4 is 17.7 Å². The molecule has 0 aliphatic carbocycles. The van der Waals surface area contributed by atoms with E-state index in [1.54, 1.807) is 9.80 Å². The van der Waals surface area contributed by atoms with Crippen LogP contribution in [0.3, 0.4) is 0 Å². The zero-order chi connectivity index (χ0) is 17.3. The van der Waals surface area contributed by atoms with E-state index in [4.69, 9.17) is 5.73 Å². The van der Waals surface area contributed by atoms with Crippen molar-refractivity contribution in [3.05, 3.63) is 28.8 Å². The zero-order valence-electron chi connectivity index (χ0n) is 14.6. The van der Waals surface area contributed by atoms with Crippen molar-refractivity contribution in [2.75, 3.05) is 25.9 Å². The first-order chi connectivity index (χ1) is 10.9. The Morgan fingerprint density at radius 2 is 1.57 bits per heavy atom. The summed E-state index contributed by atoms with van der Waals surface area (Å²) in [5, 5.41) is 0. The average Bonchev–Trinajstić information content (AvgIpc) is 2.54. The minimum atomic E-state index is -0.384. The maximum Gasteiger partial charge on any atom is 0.329 e.